The number of hydrogen-bond donors (Lipinski definition) is 2. The molecule has 1 atom stereocenters. The molecule has 9 heteroatoms. The number of nitro benzene ring substituents is 1. The number of aromatic nitrogens is 1. The molecule has 1 amide bonds. The number of aliphatic hydroxyl groups excluding tert-OH is 1. The third-order valence-corrected chi connectivity index (χ3v) is 4.51. The Kier molecular flexibility index (Phi) is 5.40. The van der Waals surface area contributed by atoms with Gasteiger partial charge in [0, 0.05) is 24.1 Å². The Morgan fingerprint density at radius 2 is 2.12 bits per heavy atom. The predicted octanol–water partition coefficient (Wildman–Crippen LogP) is 2.70. The molecule has 134 valence electrons. The average Bonchev–Trinajstić information content (AvgIpc) is 3.31. The van der Waals surface area contributed by atoms with Gasteiger partial charge in [0.05, 0.1) is 29.4 Å². The monoisotopic (exact) mass is 373 g/mol. The highest BCUT2D eigenvalue weighted by molar-refractivity contribution is 7.13. The van der Waals surface area contributed by atoms with Gasteiger partial charge in [0.2, 0.25) is 5.91 Å². The number of carbonyl (C=O) groups is 1. The van der Waals surface area contributed by atoms with Crippen LogP contribution in [0.5, 0.6) is 0 Å². The lowest BCUT2D eigenvalue weighted by molar-refractivity contribution is -0.384. The van der Waals surface area contributed by atoms with E-state index < -0.39 is 11.0 Å². The minimum absolute atomic E-state index is 0.00578. The lowest BCUT2D eigenvalue weighted by Gasteiger charge is -2.11. The summed E-state index contributed by atoms with van der Waals surface area (Å²) in [6, 6.07) is 9.11. The van der Waals surface area contributed by atoms with Gasteiger partial charge in [0.25, 0.3) is 5.69 Å². The Morgan fingerprint density at radius 1 is 1.35 bits per heavy atom. The van der Waals surface area contributed by atoms with Crippen molar-refractivity contribution < 1.29 is 19.2 Å². The quantitative estimate of drug-likeness (QED) is 0.485. The SMILES string of the molecule is O=C(Cc1csc(-c2ccco2)n1)NCC(O)c1ccc([N+](=O)[O-])cc1. The van der Waals surface area contributed by atoms with Crippen LogP contribution in [-0.4, -0.2) is 27.5 Å². The number of non-ortho nitro benzene ring substituents is 1. The van der Waals surface area contributed by atoms with E-state index in [1.54, 1.807) is 23.8 Å². The minimum atomic E-state index is -0.950. The first-order chi connectivity index (χ1) is 12.5. The van der Waals surface area contributed by atoms with Crippen molar-refractivity contribution in [2.75, 3.05) is 6.54 Å². The van der Waals surface area contributed by atoms with E-state index in [4.69, 9.17) is 4.42 Å². The molecule has 3 rings (SSSR count). The molecule has 0 bridgehead atoms. The standard InChI is InChI=1S/C17H15N3O5S/c21-14(11-3-5-13(6-4-11)20(23)24)9-18-16(22)8-12-10-26-17(19-12)15-2-1-7-25-15/h1-7,10,14,21H,8-9H2,(H,18,22). The van der Waals surface area contributed by atoms with E-state index in [1.807, 2.05) is 0 Å². The fourth-order valence-corrected chi connectivity index (χ4v) is 3.06. The van der Waals surface area contributed by atoms with Gasteiger partial charge >= 0.3 is 0 Å². The van der Waals surface area contributed by atoms with E-state index >= 15 is 0 Å². The molecule has 0 aliphatic carbocycles. The van der Waals surface area contributed by atoms with Crippen LogP contribution in [0.3, 0.4) is 0 Å². The van der Waals surface area contributed by atoms with E-state index in [-0.39, 0.29) is 24.6 Å². The maximum Gasteiger partial charge on any atom is 0.269 e. The zero-order valence-electron chi connectivity index (χ0n) is 13.5. The highest BCUT2D eigenvalue weighted by atomic mass is 32.1. The van der Waals surface area contributed by atoms with Crippen LogP contribution in [0.4, 0.5) is 5.69 Å². The van der Waals surface area contributed by atoms with Gasteiger partial charge < -0.3 is 14.8 Å². The van der Waals surface area contributed by atoms with E-state index in [9.17, 15) is 20.0 Å². The number of thiazole rings is 1. The van der Waals surface area contributed by atoms with Crippen LogP contribution in [0.15, 0.2) is 52.5 Å². The summed E-state index contributed by atoms with van der Waals surface area (Å²) in [7, 11) is 0. The fraction of sp³-hybridized carbons (Fsp3) is 0.176. The highest BCUT2D eigenvalue weighted by Gasteiger charge is 2.14. The Balaban J connectivity index is 1.51. The lowest BCUT2D eigenvalue weighted by Crippen LogP contribution is -2.29. The number of rotatable bonds is 7. The number of carbonyl (C=O) groups excluding carboxylic acids is 1. The fourth-order valence-electron chi connectivity index (χ4n) is 2.28. The molecule has 3 aromatic rings. The highest BCUT2D eigenvalue weighted by Crippen LogP contribution is 2.24. The van der Waals surface area contributed by atoms with E-state index in [0.717, 1.165) is 0 Å². The van der Waals surface area contributed by atoms with Gasteiger partial charge in [-0.25, -0.2) is 4.98 Å². The smallest absolute Gasteiger partial charge is 0.269 e. The minimum Gasteiger partial charge on any atom is -0.462 e. The third kappa shape index (κ3) is 4.32. The maximum absolute atomic E-state index is 12.0. The van der Waals surface area contributed by atoms with Gasteiger partial charge in [0.15, 0.2) is 10.8 Å². The topological polar surface area (TPSA) is 118 Å². The summed E-state index contributed by atoms with van der Waals surface area (Å²) in [5, 5.41) is 25.8. The first-order valence-corrected chi connectivity index (χ1v) is 8.58. The van der Waals surface area contributed by atoms with Crippen molar-refractivity contribution in [3.05, 3.63) is 69.4 Å². The van der Waals surface area contributed by atoms with Crippen LogP contribution in [0.25, 0.3) is 10.8 Å². The van der Waals surface area contributed by atoms with Gasteiger partial charge in [-0.2, -0.15) is 0 Å². The summed E-state index contributed by atoms with van der Waals surface area (Å²) in [5.41, 5.74) is 1.05. The van der Waals surface area contributed by atoms with E-state index in [1.165, 1.54) is 35.6 Å². The number of furan rings is 1. The first-order valence-electron chi connectivity index (χ1n) is 7.70. The van der Waals surface area contributed by atoms with Gasteiger partial charge in [0.1, 0.15) is 0 Å². The van der Waals surface area contributed by atoms with Crippen LogP contribution in [0, 0.1) is 10.1 Å². The van der Waals surface area contributed by atoms with Crippen molar-refractivity contribution in [1.29, 1.82) is 0 Å². The second-order valence-corrected chi connectivity index (χ2v) is 6.32. The van der Waals surface area contributed by atoms with Gasteiger partial charge in [-0.1, -0.05) is 0 Å². The van der Waals surface area contributed by atoms with Crippen LogP contribution in [0.2, 0.25) is 0 Å². The third-order valence-electron chi connectivity index (χ3n) is 3.61. The summed E-state index contributed by atoms with van der Waals surface area (Å²) in [4.78, 5) is 26.5. The second-order valence-electron chi connectivity index (χ2n) is 5.47. The summed E-state index contributed by atoms with van der Waals surface area (Å²) in [5.74, 6) is 0.373. The summed E-state index contributed by atoms with van der Waals surface area (Å²) in [6.45, 7) is 0.00578. The van der Waals surface area contributed by atoms with Crippen molar-refractivity contribution in [2.24, 2.45) is 0 Å². The van der Waals surface area contributed by atoms with Crippen LogP contribution >= 0.6 is 11.3 Å². The number of nitrogens with one attached hydrogen (secondary N) is 1. The molecule has 0 aliphatic heterocycles. The van der Waals surface area contributed by atoms with Crippen molar-refractivity contribution >= 4 is 22.9 Å². The normalized spacial score (nSPS) is 11.9. The maximum atomic E-state index is 12.0. The molecular formula is C17H15N3O5S. The molecule has 0 spiro atoms. The molecule has 0 saturated heterocycles. The number of benzene rings is 1. The summed E-state index contributed by atoms with van der Waals surface area (Å²) < 4.78 is 5.26. The average molecular weight is 373 g/mol. The van der Waals surface area contributed by atoms with Gasteiger partial charge in [-0.05, 0) is 29.8 Å². The zero-order chi connectivity index (χ0) is 18.5. The second kappa shape index (κ2) is 7.89. The molecule has 26 heavy (non-hydrogen) atoms. The zero-order valence-corrected chi connectivity index (χ0v) is 14.3. The number of hydrogen-bond acceptors (Lipinski definition) is 7. The molecule has 2 heterocycles. The van der Waals surface area contributed by atoms with Gasteiger partial charge in [-0.3, -0.25) is 14.9 Å². The molecule has 0 radical (unpaired) electrons. The summed E-state index contributed by atoms with van der Waals surface area (Å²) in [6.07, 6.45) is 0.696. The molecule has 1 unspecified atom stereocenters. The van der Waals surface area contributed by atoms with Gasteiger partial charge in [-0.15, -0.1) is 11.3 Å². The number of amides is 1. The Labute approximate surface area is 152 Å². The molecular weight excluding hydrogens is 358 g/mol. The molecule has 1 aromatic carbocycles. The van der Waals surface area contributed by atoms with Crippen molar-refractivity contribution in [2.45, 2.75) is 12.5 Å². The van der Waals surface area contributed by atoms with Crippen LogP contribution in [-0.2, 0) is 11.2 Å². The van der Waals surface area contributed by atoms with Crippen molar-refractivity contribution in [1.82, 2.24) is 10.3 Å². The Bertz CT molecular complexity index is 890. The van der Waals surface area contributed by atoms with E-state index in [0.29, 0.717) is 22.0 Å². The van der Waals surface area contributed by atoms with E-state index in [2.05, 4.69) is 10.3 Å². The Morgan fingerprint density at radius 3 is 2.77 bits per heavy atom. The van der Waals surface area contributed by atoms with Crippen LogP contribution < -0.4 is 5.32 Å². The molecule has 0 aliphatic rings. The molecule has 2 N–H and O–H groups in total. The van der Waals surface area contributed by atoms with Crippen molar-refractivity contribution in [3.63, 3.8) is 0 Å². The summed E-state index contributed by atoms with van der Waals surface area (Å²) >= 11 is 1.38. The molecule has 0 saturated carbocycles. The number of aliphatic hydroxyl groups is 1. The molecule has 2 aromatic heterocycles. The van der Waals surface area contributed by atoms with Crippen molar-refractivity contribution in [3.8, 4) is 10.8 Å². The van der Waals surface area contributed by atoms with Crippen LogP contribution in [0.1, 0.15) is 17.4 Å². The number of nitro groups is 1. The Hall–Kier alpha value is -3.04. The number of nitrogens with zero attached hydrogens (tertiary/aromatic N) is 2. The predicted molar refractivity (Wildman–Crippen MR) is 94.6 cm³/mol. The largest absolute Gasteiger partial charge is 0.462 e. The lowest BCUT2D eigenvalue weighted by atomic mass is 10.1. The first kappa shape index (κ1) is 17.8. The molecule has 8 nitrogen and oxygen atoms in total. The molecule has 0 fully saturated rings.